The number of hydrogen-bond acceptors (Lipinski definition) is 7. The maximum absolute atomic E-state index is 12.7. The van der Waals surface area contributed by atoms with Gasteiger partial charge in [0.05, 0.1) is 18.3 Å². The summed E-state index contributed by atoms with van der Waals surface area (Å²) in [5.74, 6) is 0.400. The van der Waals surface area contributed by atoms with Crippen molar-refractivity contribution in [1.29, 1.82) is 0 Å². The van der Waals surface area contributed by atoms with E-state index in [9.17, 15) is 9.59 Å². The molecule has 0 spiro atoms. The standard InChI is InChI=1S/C22H26N6O4/c1-22(2,3)32-21(30)27-9-7-24-18-6-8-28-20(26-18)16(13-25-28)14-4-5-15(19(23)29)17(12-14)31-11-10-27/h4-6,8,12-13H,7,9-11H2,1-3H3,(H2,23,29)(H,24,26). The van der Waals surface area contributed by atoms with Crippen LogP contribution in [0.15, 0.2) is 36.7 Å². The lowest BCUT2D eigenvalue weighted by atomic mass is 10.0. The Bertz CT molecular complexity index is 1170. The maximum atomic E-state index is 12.7. The second kappa shape index (κ2) is 8.37. The average molecular weight is 438 g/mol. The van der Waals surface area contributed by atoms with Gasteiger partial charge in [-0.1, -0.05) is 6.07 Å². The first-order chi connectivity index (χ1) is 15.2. The first-order valence-corrected chi connectivity index (χ1v) is 10.3. The van der Waals surface area contributed by atoms with E-state index in [0.29, 0.717) is 30.3 Å². The number of amides is 2. The Hall–Kier alpha value is -3.82. The highest BCUT2D eigenvalue weighted by atomic mass is 16.6. The van der Waals surface area contributed by atoms with Gasteiger partial charge in [0, 0.05) is 24.8 Å². The van der Waals surface area contributed by atoms with Crippen LogP contribution in [0.2, 0.25) is 0 Å². The van der Waals surface area contributed by atoms with Crippen molar-refractivity contribution in [3.8, 4) is 16.9 Å². The maximum Gasteiger partial charge on any atom is 0.410 e. The summed E-state index contributed by atoms with van der Waals surface area (Å²) in [6, 6.07) is 6.96. The van der Waals surface area contributed by atoms with Crippen molar-refractivity contribution >= 4 is 23.5 Å². The summed E-state index contributed by atoms with van der Waals surface area (Å²) in [4.78, 5) is 30.8. The highest BCUT2D eigenvalue weighted by Gasteiger charge is 2.23. The van der Waals surface area contributed by atoms with E-state index in [1.807, 2.05) is 26.8 Å². The molecule has 0 unspecified atom stereocenters. The molecule has 3 aromatic rings. The summed E-state index contributed by atoms with van der Waals surface area (Å²) in [5, 5.41) is 7.60. The molecule has 10 nitrogen and oxygen atoms in total. The van der Waals surface area contributed by atoms with Crippen molar-refractivity contribution in [2.75, 3.05) is 31.6 Å². The van der Waals surface area contributed by atoms with Gasteiger partial charge >= 0.3 is 6.09 Å². The predicted octanol–water partition coefficient (Wildman–Crippen LogP) is 2.54. The number of aromatic nitrogens is 3. The van der Waals surface area contributed by atoms with Gasteiger partial charge in [0.1, 0.15) is 23.8 Å². The number of carbonyl (C=O) groups excluding carboxylic acids is 2. The summed E-state index contributed by atoms with van der Waals surface area (Å²) in [7, 11) is 0. The first-order valence-electron chi connectivity index (χ1n) is 10.3. The molecule has 1 aliphatic rings. The van der Waals surface area contributed by atoms with Gasteiger partial charge in [-0.05, 0) is 44.5 Å². The Morgan fingerprint density at radius 3 is 2.78 bits per heavy atom. The minimum atomic E-state index is -0.622. The number of primary amides is 1. The van der Waals surface area contributed by atoms with Gasteiger partial charge in [-0.3, -0.25) is 4.79 Å². The van der Waals surface area contributed by atoms with Gasteiger partial charge in [-0.2, -0.15) is 5.10 Å². The zero-order valence-corrected chi connectivity index (χ0v) is 18.3. The third-order valence-electron chi connectivity index (χ3n) is 4.89. The molecule has 0 fully saturated rings. The molecule has 2 amide bonds. The fraction of sp³-hybridized carbons (Fsp3) is 0.364. The molecule has 3 heterocycles. The molecule has 0 atom stereocenters. The van der Waals surface area contributed by atoms with E-state index >= 15 is 0 Å². The van der Waals surface area contributed by atoms with E-state index in [2.05, 4.69) is 15.4 Å². The highest BCUT2D eigenvalue weighted by Crippen LogP contribution is 2.30. The van der Waals surface area contributed by atoms with Crippen molar-refractivity contribution in [2.24, 2.45) is 5.73 Å². The third kappa shape index (κ3) is 4.58. The molecular formula is C22H26N6O4. The minimum absolute atomic E-state index is 0.163. The van der Waals surface area contributed by atoms with Crippen LogP contribution in [0.1, 0.15) is 31.1 Å². The molecule has 0 radical (unpaired) electrons. The van der Waals surface area contributed by atoms with Gasteiger partial charge in [-0.15, -0.1) is 0 Å². The monoisotopic (exact) mass is 438 g/mol. The SMILES string of the molecule is CC(C)(C)OC(=O)N1CCNc2ccn3ncc(c3n2)-c2ccc(C(N)=O)c(c2)OCC1. The summed E-state index contributed by atoms with van der Waals surface area (Å²) in [6.07, 6.45) is 3.08. The van der Waals surface area contributed by atoms with E-state index in [0.717, 1.165) is 11.1 Å². The molecule has 3 N–H and O–H groups in total. The number of ether oxygens (including phenoxy) is 2. The topological polar surface area (TPSA) is 124 Å². The molecule has 4 rings (SSSR count). The van der Waals surface area contributed by atoms with E-state index < -0.39 is 17.6 Å². The lowest BCUT2D eigenvalue weighted by Crippen LogP contribution is -2.41. The molecule has 2 aromatic heterocycles. The Morgan fingerprint density at radius 1 is 1.22 bits per heavy atom. The van der Waals surface area contributed by atoms with E-state index in [1.54, 1.807) is 40.0 Å². The molecule has 0 aliphatic carbocycles. The van der Waals surface area contributed by atoms with Crippen LogP contribution in [0.3, 0.4) is 0 Å². The van der Waals surface area contributed by atoms with Crippen LogP contribution in [0.4, 0.5) is 10.6 Å². The van der Waals surface area contributed by atoms with Gasteiger partial charge in [0.2, 0.25) is 0 Å². The van der Waals surface area contributed by atoms with Crippen molar-refractivity contribution in [2.45, 2.75) is 26.4 Å². The number of hydrogen-bond donors (Lipinski definition) is 2. The number of anilines is 1. The molecule has 0 saturated heterocycles. The second-order valence-electron chi connectivity index (χ2n) is 8.46. The predicted molar refractivity (Wildman–Crippen MR) is 119 cm³/mol. The summed E-state index contributed by atoms with van der Waals surface area (Å²) < 4.78 is 13.1. The fourth-order valence-corrected chi connectivity index (χ4v) is 3.39. The molecule has 10 heteroatoms. The van der Waals surface area contributed by atoms with E-state index in [4.69, 9.17) is 15.2 Å². The summed E-state index contributed by atoms with van der Waals surface area (Å²) in [6.45, 7) is 6.72. The largest absolute Gasteiger partial charge is 0.491 e. The zero-order chi connectivity index (χ0) is 22.9. The molecule has 0 saturated carbocycles. The van der Waals surface area contributed by atoms with Crippen molar-refractivity contribution in [1.82, 2.24) is 19.5 Å². The quantitative estimate of drug-likeness (QED) is 0.598. The van der Waals surface area contributed by atoms with Crippen LogP contribution in [0, 0.1) is 0 Å². The van der Waals surface area contributed by atoms with Crippen LogP contribution in [-0.4, -0.2) is 63.3 Å². The van der Waals surface area contributed by atoms with Crippen molar-refractivity contribution < 1.29 is 19.1 Å². The number of fused-ring (bicyclic) bond motifs is 4. The third-order valence-corrected chi connectivity index (χ3v) is 4.89. The van der Waals surface area contributed by atoms with Gasteiger partial charge < -0.3 is 25.4 Å². The Morgan fingerprint density at radius 2 is 2.03 bits per heavy atom. The zero-order valence-electron chi connectivity index (χ0n) is 18.3. The Labute approximate surface area is 185 Å². The average Bonchev–Trinajstić information content (AvgIpc) is 3.14. The van der Waals surface area contributed by atoms with Crippen molar-refractivity contribution in [3.63, 3.8) is 0 Å². The number of nitrogens with zero attached hydrogens (tertiary/aromatic N) is 4. The first kappa shape index (κ1) is 21.4. The molecule has 4 bridgehead atoms. The number of benzene rings is 1. The fourth-order valence-electron chi connectivity index (χ4n) is 3.39. The Balaban J connectivity index is 1.72. The smallest absolute Gasteiger partial charge is 0.410 e. The number of nitrogens with one attached hydrogen (secondary N) is 1. The normalized spacial score (nSPS) is 14.4. The van der Waals surface area contributed by atoms with Crippen LogP contribution in [-0.2, 0) is 4.74 Å². The van der Waals surface area contributed by atoms with E-state index in [1.165, 1.54) is 0 Å². The highest BCUT2D eigenvalue weighted by molar-refractivity contribution is 5.96. The summed E-state index contributed by atoms with van der Waals surface area (Å²) >= 11 is 0. The molecule has 168 valence electrons. The number of carbonyl (C=O) groups is 2. The Kier molecular flexibility index (Phi) is 5.60. The van der Waals surface area contributed by atoms with E-state index in [-0.39, 0.29) is 18.7 Å². The molecule has 1 aromatic carbocycles. The summed E-state index contributed by atoms with van der Waals surface area (Å²) in [5.41, 5.74) is 7.40. The van der Waals surface area contributed by atoms with Crippen LogP contribution < -0.4 is 15.8 Å². The number of rotatable bonds is 1. The number of nitrogens with two attached hydrogens (primary N) is 1. The lowest BCUT2D eigenvalue weighted by Gasteiger charge is -2.27. The van der Waals surface area contributed by atoms with Crippen LogP contribution in [0.25, 0.3) is 16.8 Å². The second-order valence-corrected chi connectivity index (χ2v) is 8.46. The van der Waals surface area contributed by atoms with Gasteiger partial charge in [-0.25, -0.2) is 14.3 Å². The van der Waals surface area contributed by atoms with Crippen LogP contribution in [0.5, 0.6) is 5.75 Å². The molecule has 1 aliphatic heterocycles. The minimum Gasteiger partial charge on any atom is -0.491 e. The van der Waals surface area contributed by atoms with Gasteiger partial charge in [0.15, 0.2) is 5.65 Å². The van der Waals surface area contributed by atoms with Crippen LogP contribution >= 0.6 is 0 Å². The van der Waals surface area contributed by atoms with Gasteiger partial charge in [0.25, 0.3) is 5.91 Å². The molecular weight excluding hydrogens is 412 g/mol. The molecule has 32 heavy (non-hydrogen) atoms. The lowest BCUT2D eigenvalue weighted by molar-refractivity contribution is 0.0234. The van der Waals surface area contributed by atoms with Crippen molar-refractivity contribution in [3.05, 3.63) is 42.2 Å².